The number of aromatic amines is 1. The fourth-order valence-electron chi connectivity index (χ4n) is 2.47. The van der Waals surface area contributed by atoms with Crippen molar-refractivity contribution >= 4 is 28.9 Å². The minimum absolute atomic E-state index is 0.110. The summed E-state index contributed by atoms with van der Waals surface area (Å²) in [7, 11) is 0. The predicted octanol–water partition coefficient (Wildman–Crippen LogP) is -0.270. The van der Waals surface area contributed by atoms with Crippen molar-refractivity contribution in [1.29, 1.82) is 0 Å². The highest BCUT2D eigenvalue weighted by molar-refractivity contribution is 6.01. The van der Waals surface area contributed by atoms with Gasteiger partial charge >= 0.3 is 0 Å². The number of carbonyl (C=O) groups excluding carboxylic acids is 3. The molecule has 0 saturated carbocycles. The van der Waals surface area contributed by atoms with E-state index in [1.165, 1.54) is 0 Å². The molecule has 0 radical (unpaired) electrons. The maximum absolute atomic E-state index is 12.1. The van der Waals surface area contributed by atoms with Gasteiger partial charge in [-0.1, -0.05) is 0 Å². The van der Waals surface area contributed by atoms with Crippen molar-refractivity contribution in [1.82, 2.24) is 25.6 Å². The molecule has 1 aliphatic rings. The highest BCUT2D eigenvalue weighted by atomic mass is 16.2. The number of aryl methyl sites for hydroxylation is 1. The molecule has 22 heavy (non-hydrogen) atoms. The van der Waals surface area contributed by atoms with Gasteiger partial charge in [-0.25, -0.2) is 9.97 Å². The SMILES string of the molecule is Cc1nc2nccc(CC(=O)NC3CCC(=O)NC3=O)c2[nH]1. The number of imide groups is 1. The first-order valence-corrected chi connectivity index (χ1v) is 6.96. The molecule has 8 heteroatoms. The lowest BCUT2D eigenvalue weighted by Gasteiger charge is -2.21. The molecule has 2 aromatic rings. The van der Waals surface area contributed by atoms with Gasteiger partial charge in [0, 0.05) is 12.6 Å². The second-order valence-electron chi connectivity index (χ2n) is 5.24. The number of hydrogen-bond acceptors (Lipinski definition) is 5. The van der Waals surface area contributed by atoms with Crippen LogP contribution in [0.1, 0.15) is 24.2 Å². The van der Waals surface area contributed by atoms with E-state index in [4.69, 9.17) is 0 Å². The van der Waals surface area contributed by atoms with Crippen LogP contribution in [0.25, 0.3) is 11.2 Å². The number of imidazole rings is 1. The van der Waals surface area contributed by atoms with Crippen LogP contribution in [0.3, 0.4) is 0 Å². The van der Waals surface area contributed by atoms with E-state index in [-0.39, 0.29) is 24.7 Å². The Kier molecular flexibility index (Phi) is 3.58. The number of fused-ring (bicyclic) bond motifs is 1. The van der Waals surface area contributed by atoms with E-state index in [9.17, 15) is 14.4 Å². The molecule has 0 bridgehead atoms. The van der Waals surface area contributed by atoms with Gasteiger partial charge in [0.25, 0.3) is 0 Å². The standard InChI is InChI=1S/C14H15N5O3/c1-7-16-12-8(4-5-15-13(12)17-7)6-11(21)18-9-2-3-10(20)19-14(9)22/h4-5,9H,2-3,6H2,1H3,(H,18,21)(H,15,16,17)(H,19,20,22). The largest absolute Gasteiger partial charge is 0.344 e. The van der Waals surface area contributed by atoms with Crippen LogP contribution in [0.5, 0.6) is 0 Å². The van der Waals surface area contributed by atoms with Crippen molar-refractivity contribution < 1.29 is 14.4 Å². The van der Waals surface area contributed by atoms with Gasteiger partial charge in [0.1, 0.15) is 11.9 Å². The topological polar surface area (TPSA) is 117 Å². The summed E-state index contributed by atoms with van der Waals surface area (Å²) in [6, 6.07) is 1.08. The van der Waals surface area contributed by atoms with E-state index in [0.717, 1.165) is 16.9 Å². The molecule has 1 unspecified atom stereocenters. The number of H-pyrrole nitrogens is 1. The number of rotatable bonds is 3. The zero-order valence-corrected chi connectivity index (χ0v) is 12.0. The van der Waals surface area contributed by atoms with Crippen molar-refractivity contribution in [2.75, 3.05) is 0 Å². The second-order valence-corrected chi connectivity index (χ2v) is 5.24. The molecule has 3 amide bonds. The predicted molar refractivity (Wildman–Crippen MR) is 76.6 cm³/mol. The smallest absolute Gasteiger partial charge is 0.249 e. The maximum Gasteiger partial charge on any atom is 0.249 e. The van der Waals surface area contributed by atoms with Gasteiger partial charge in [-0.05, 0) is 25.0 Å². The van der Waals surface area contributed by atoms with Gasteiger partial charge in [-0.15, -0.1) is 0 Å². The van der Waals surface area contributed by atoms with Crippen LogP contribution in [-0.2, 0) is 20.8 Å². The van der Waals surface area contributed by atoms with E-state index in [2.05, 4.69) is 25.6 Å². The van der Waals surface area contributed by atoms with Crippen LogP contribution in [0, 0.1) is 6.92 Å². The lowest BCUT2D eigenvalue weighted by atomic mass is 10.1. The van der Waals surface area contributed by atoms with Gasteiger partial charge in [0.05, 0.1) is 11.9 Å². The van der Waals surface area contributed by atoms with Crippen molar-refractivity contribution in [3.8, 4) is 0 Å². The van der Waals surface area contributed by atoms with Crippen LogP contribution in [-0.4, -0.2) is 38.7 Å². The van der Waals surface area contributed by atoms with E-state index < -0.39 is 11.9 Å². The van der Waals surface area contributed by atoms with Crippen LogP contribution in [0.4, 0.5) is 0 Å². The molecule has 3 N–H and O–H groups in total. The number of hydrogen-bond donors (Lipinski definition) is 3. The van der Waals surface area contributed by atoms with Gasteiger partial charge < -0.3 is 10.3 Å². The van der Waals surface area contributed by atoms with Crippen LogP contribution in [0.15, 0.2) is 12.3 Å². The zero-order valence-electron chi connectivity index (χ0n) is 12.0. The molecule has 3 rings (SSSR count). The first kappa shape index (κ1) is 14.2. The van der Waals surface area contributed by atoms with Gasteiger partial charge in [0.2, 0.25) is 17.7 Å². The Balaban J connectivity index is 1.71. The van der Waals surface area contributed by atoms with Crippen LogP contribution >= 0.6 is 0 Å². The lowest BCUT2D eigenvalue weighted by Crippen LogP contribution is -2.52. The minimum Gasteiger partial charge on any atom is -0.344 e. The molecule has 1 fully saturated rings. The summed E-state index contributed by atoms with van der Waals surface area (Å²) < 4.78 is 0. The summed E-state index contributed by atoms with van der Waals surface area (Å²) in [6.45, 7) is 1.81. The van der Waals surface area contributed by atoms with E-state index in [1.54, 1.807) is 12.3 Å². The third-order valence-corrected chi connectivity index (χ3v) is 3.52. The number of pyridine rings is 1. The van der Waals surface area contributed by atoms with E-state index in [1.807, 2.05) is 6.92 Å². The van der Waals surface area contributed by atoms with Gasteiger partial charge in [-0.2, -0.15) is 0 Å². The average Bonchev–Trinajstić information content (AvgIpc) is 2.83. The zero-order chi connectivity index (χ0) is 15.7. The number of nitrogens with zero attached hydrogens (tertiary/aromatic N) is 2. The van der Waals surface area contributed by atoms with Gasteiger partial charge in [0.15, 0.2) is 5.65 Å². The Morgan fingerprint density at radius 1 is 1.45 bits per heavy atom. The lowest BCUT2D eigenvalue weighted by molar-refractivity contribution is -0.137. The highest BCUT2D eigenvalue weighted by Crippen LogP contribution is 2.15. The molecular formula is C14H15N5O3. The molecule has 1 atom stereocenters. The number of amides is 3. The summed E-state index contributed by atoms with van der Waals surface area (Å²) in [5.41, 5.74) is 2.04. The summed E-state index contributed by atoms with van der Waals surface area (Å²) in [4.78, 5) is 46.3. The van der Waals surface area contributed by atoms with Crippen molar-refractivity contribution in [3.05, 3.63) is 23.7 Å². The highest BCUT2D eigenvalue weighted by Gasteiger charge is 2.27. The molecule has 8 nitrogen and oxygen atoms in total. The van der Waals surface area contributed by atoms with Crippen molar-refractivity contribution in [3.63, 3.8) is 0 Å². The molecule has 1 aliphatic heterocycles. The molecule has 0 aromatic carbocycles. The average molecular weight is 301 g/mol. The fourth-order valence-corrected chi connectivity index (χ4v) is 2.47. The fraction of sp³-hybridized carbons (Fsp3) is 0.357. The quantitative estimate of drug-likeness (QED) is 0.675. The molecule has 2 aromatic heterocycles. The Hall–Kier alpha value is -2.77. The molecule has 1 saturated heterocycles. The van der Waals surface area contributed by atoms with E-state index in [0.29, 0.717) is 12.1 Å². The second kappa shape index (κ2) is 5.55. The van der Waals surface area contributed by atoms with Crippen LogP contribution in [0.2, 0.25) is 0 Å². The van der Waals surface area contributed by atoms with E-state index >= 15 is 0 Å². The van der Waals surface area contributed by atoms with Crippen molar-refractivity contribution in [2.45, 2.75) is 32.2 Å². The summed E-state index contributed by atoms with van der Waals surface area (Å²) in [6.07, 6.45) is 2.26. The van der Waals surface area contributed by atoms with Crippen molar-refractivity contribution in [2.24, 2.45) is 0 Å². The normalized spacial score (nSPS) is 18.3. The number of piperidine rings is 1. The van der Waals surface area contributed by atoms with Crippen LogP contribution < -0.4 is 10.6 Å². The third-order valence-electron chi connectivity index (χ3n) is 3.52. The molecule has 114 valence electrons. The molecule has 0 aliphatic carbocycles. The Morgan fingerprint density at radius 3 is 3.05 bits per heavy atom. The minimum atomic E-state index is -0.661. The molecule has 3 heterocycles. The Labute approximate surface area is 125 Å². The Morgan fingerprint density at radius 2 is 2.27 bits per heavy atom. The molecule has 0 spiro atoms. The number of nitrogens with one attached hydrogen (secondary N) is 3. The number of aromatic nitrogens is 3. The first-order chi connectivity index (χ1) is 10.5. The maximum atomic E-state index is 12.1. The summed E-state index contributed by atoms with van der Waals surface area (Å²) >= 11 is 0. The Bertz CT molecular complexity index is 767. The monoisotopic (exact) mass is 301 g/mol. The summed E-state index contributed by atoms with van der Waals surface area (Å²) in [5, 5.41) is 4.86. The third kappa shape index (κ3) is 2.80. The van der Waals surface area contributed by atoms with Gasteiger partial charge in [-0.3, -0.25) is 19.7 Å². The number of carbonyl (C=O) groups is 3. The first-order valence-electron chi connectivity index (χ1n) is 6.96. The molecular weight excluding hydrogens is 286 g/mol. The summed E-state index contributed by atoms with van der Waals surface area (Å²) in [5.74, 6) is -0.323.